The van der Waals surface area contributed by atoms with Crippen molar-refractivity contribution in [1.29, 1.82) is 0 Å². The third-order valence-corrected chi connectivity index (χ3v) is 4.76. The highest BCUT2D eigenvalue weighted by atomic mass is 32.2. The first-order chi connectivity index (χ1) is 8.53. The van der Waals surface area contributed by atoms with Gasteiger partial charge in [-0.2, -0.15) is 0 Å². The molecule has 1 aliphatic carbocycles. The molecule has 1 aromatic carbocycles. The van der Waals surface area contributed by atoms with Gasteiger partial charge in [0.2, 0.25) is 0 Å². The first-order valence-corrected chi connectivity index (χ1v) is 7.53. The van der Waals surface area contributed by atoms with E-state index < -0.39 is 21.4 Å². The predicted molar refractivity (Wildman–Crippen MR) is 67.4 cm³/mol. The molecule has 0 heterocycles. The smallest absolute Gasteiger partial charge is 0.185 e. The molecule has 1 aromatic rings. The van der Waals surface area contributed by atoms with Gasteiger partial charge in [0.15, 0.2) is 15.6 Å². The minimum absolute atomic E-state index is 0.163. The molecule has 0 saturated carbocycles. The van der Waals surface area contributed by atoms with Crippen molar-refractivity contribution in [3.8, 4) is 0 Å². The van der Waals surface area contributed by atoms with Crippen LogP contribution < -0.4 is 0 Å². The third-order valence-electron chi connectivity index (χ3n) is 3.09. The van der Waals surface area contributed by atoms with Crippen molar-refractivity contribution in [1.82, 2.24) is 0 Å². The highest BCUT2D eigenvalue weighted by molar-refractivity contribution is 7.92. The highest BCUT2D eigenvalue weighted by Crippen LogP contribution is 2.25. The normalized spacial score (nSPS) is 14.5. The summed E-state index contributed by atoms with van der Waals surface area (Å²) in [5, 5.41) is 0. The predicted octanol–water partition coefficient (Wildman–Crippen LogP) is 1.16. The number of fused-ring (bicyclic) bond motifs is 1. The maximum Gasteiger partial charge on any atom is 0.185 e. The van der Waals surface area contributed by atoms with Gasteiger partial charge in [-0.3, -0.25) is 4.79 Å². The van der Waals surface area contributed by atoms with Crippen LogP contribution in [0.5, 0.6) is 0 Å². The van der Waals surface area contributed by atoms with E-state index in [9.17, 15) is 13.2 Å². The molecular weight excluding hydrogens is 252 g/mol. The zero-order chi connectivity index (χ0) is 13.2. The number of sulfone groups is 1. The Balaban J connectivity index is 2.22. The van der Waals surface area contributed by atoms with Crippen molar-refractivity contribution in [2.45, 2.75) is 24.2 Å². The second kappa shape index (κ2) is 5.20. The molecule has 18 heavy (non-hydrogen) atoms. The maximum absolute atomic E-state index is 12.0. The average molecular weight is 268 g/mol. The Morgan fingerprint density at radius 3 is 2.72 bits per heavy atom. The van der Waals surface area contributed by atoms with E-state index in [1.54, 1.807) is 12.1 Å². The largest absolute Gasteiger partial charge is 0.377 e. The molecule has 4 nitrogen and oxygen atoms in total. The number of ketones is 1. The molecule has 98 valence electrons. The summed E-state index contributed by atoms with van der Waals surface area (Å²) in [4.78, 5) is 11.6. The van der Waals surface area contributed by atoms with Crippen LogP contribution in [0.2, 0.25) is 0 Å². The molecule has 0 amide bonds. The summed E-state index contributed by atoms with van der Waals surface area (Å²) in [5.74, 6) is -0.905. The van der Waals surface area contributed by atoms with Crippen molar-refractivity contribution in [3.05, 3.63) is 29.3 Å². The standard InChI is InChI=1S/C13H16O4S/c1-17-8-12(14)9-18(15,16)13-6-5-10-3-2-4-11(10)7-13/h5-7H,2-4,8-9H2,1H3. The molecule has 2 rings (SSSR count). The summed E-state index contributed by atoms with van der Waals surface area (Å²) in [5.41, 5.74) is 2.31. The van der Waals surface area contributed by atoms with Gasteiger partial charge in [-0.05, 0) is 42.5 Å². The molecule has 0 radical (unpaired) electrons. The van der Waals surface area contributed by atoms with Crippen molar-refractivity contribution in [3.63, 3.8) is 0 Å². The lowest BCUT2D eigenvalue weighted by Gasteiger charge is -2.06. The third kappa shape index (κ3) is 2.79. The van der Waals surface area contributed by atoms with Gasteiger partial charge in [0, 0.05) is 7.11 Å². The van der Waals surface area contributed by atoms with Crippen LogP contribution in [0.1, 0.15) is 17.5 Å². The Morgan fingerprint density at radius 1 is 1.28 bits per heavy atom. The van der Waals surface area contributed by atoms with Crippen molar-refractivity contribution < 1.29 is 17.9 Å². The number of Topliss-reactive ketones (excluding diaryl/α,β-unsaturated/α-hetero) is 1. The topological polar surface area (TPSA) is 60.4 Å². The molecule has 0 aromatic heterocycles. The molecule has 0 N–H and O–H groups in total. The van der Waals surface area contributed by atoms with Gasteiger partial charge in [0.1, 0.15) is 12.4 Å². The van der Waals surface area contributed by atoms with Crippen LogP contribution >= 0.6 is 0 Å². The molecule has 0 fully saturated rings. The van der Waals surface area contributed by atoms with E-state index in [4.69, 9.17) is 0 Å². The quantitative estimate of drug-likeness (QED) is 0.804. The number of aryl methyl sites for hydroxylation is 2. The molecular formula is C13H16O4S. The van der Waals surface area contributed by atoms with Crippen LogP contribution in [0.15, 0.2) is 23.1 Å². The Morgan fingerprint density at radius 2 is 2.00 bits per heavy atom. The first-order valence-electron chi connectivity index (χ1n) is 5.88. The maximum atomic E-state index is 12.0. The second-order valence-electron chi connectivity index (χ2n) is 4.51. The zero-order valence-electron chi connectivity index (χ0n) is 10.3. The Labute approximate surface area is 107 Å². The van der Waals surface area contributed by atoms with Gasteiger partial charge in [-0.1, -0.05) is 6.07 Å². The van der Waals surface area contributed by atoms with Crippen LogP contribution in [-0.4, -0.2) is 33.7 Å². The number of benzene rings is 1. The minimum Gasteiger partial charge on any atom is -0.377 e. The van der Waals surface area contributed by atoms with Crippen LogP contribution in [0.3, 0.4) is 0 Å². The molecule has 0 unspecified atom stereocenters. The minimum atomic E-state index is -3.53. The molecule has 5 heteroatoms. The number of rotatable bonds is 5. The number of hydrogen-bond donors (Lipinski definition) is 0. The molecule has 0 saturated heterocycles. The lowest BCUT2D eigenvalue weighted by atomic mass is 10.1. The summed E-state index contributed by atoms with van der Waals surface area (Å²) in [6.07, 6.45) is 3.00. The second-order valence-corrected chi connectivity index (χ2v) is 6.50. The summed E-state index contributed by atoms with van der Waals surface area (Å²) >= 11 is 0. The van der Waals surface area contributed by atoms with E-state index in [-0.39, 0.29) is 11.5 Å². The lowest BCUT2D eigenvalue weighted by molar-refractivity contribution is -0.120. The van der Waals surface area contributed by atoms with Gasteiger partial charge < -0.3 is 4.74 Å². The Kier molecular flexibility index (Phi) is 3.82. The number of carbonyl (C=O) groups is 1. The van der Waals surface area contributed by atoms with E-state index in [0.29, 0.717) is 0 Å². The lowest BCUT2D eigenvalue weighted by Crippen LogP contribution is -2.20. The Hall–Kier alpha value is -1.20. The zero-order valence-corrected chi connectivity index (χ0v) is 11.1. The number of carbonyl (C=O) groups excluding carboxylic acids is 1. The number of hydrogen-bond acceptors (Lipinski definition) is 4. The van der Waals surface area contributed by atoms with Crippen molar-refractivity contribution in [2.24, 2.45) is 0 Å². The van der Waals surface area contributed by atoms with Crippen LogP contribution in [0, 0.1) is 0 Å². The van der Waals surface area contributed by atoms with Gasteiger partial charge in [-0.25, -0.2) is 8.42 Å². The number of ether oxygens (including phenoxy) is 1. The summed E-state index contributed by atoms with van der Waals surface area (Å²) in [6.45, 7) is -0.163. The highest BCUT2D eigenvalue weighted by Gasteiger charge is 2.21. The van der Waals surface area contributed by atoms with Crippen LogP contribution in [0.4, 0.5) is 0 Å². The fraction of sp³-hybridized carbons (Fsp3) is 0.462. The average Bonchev–Trinajstić information content (AvgIpc) is 2.75. The molecule has 1 aliphatic rings. The van der Waals surface area contributed by atoms with Gasteiger partial charge in [0.05, 0.1) is 4.90 Å². The van der Waals surface area contributed by atoms with Gasteiger partial charge in [0.25, 0.3) is 0 Å². The SMILES string of the molecule is COCC(=O)CS(=O)(=O)c1ccc2c(c1)CCC2. The van der Waals surface area contributed by atoms with Crippen molar-refractivity contribution >= 4 is 15.6 Å². The molecule has 0 aliphatic heterocycles. The van der Waals surface area contributed by atoms with E-state index in [1.165, 1.54) is 12.7 Å². The van der Waals surface area contributed by atoms with Gasteiger partial charge >= 0.3 is 0 Å². The van der Waals surface area contributed by atoms with E-state index in [0.717, 1.165) is 24.8 Å². The fourth-order valence-corrected chi connectivity index (χ4v) is 3.51. The van der Waals surface area contributed by atoms with E-state index in [1.807, 2.05) is 6.07 Å². The summed E-state index contributed by atoms with van der Waals surface area (Å²) in [6, 6.07) is 5.16. The summed E-state index contributed by atoms with van der Waals surface area (Å²) < 4.78 is 28.7. The molecule has 0 bridgehead atoms. The van der Waals surface area contributed by atoms with Crippen LogP contribution in [0.25, 0.3) is 0 Å². The monoisotopic (exact) mass is 268 g/mol. The molecule has 0 spiro atoms. The molecule has 0 atom stereocenters. The fourth-order valence-electron chi connectivity index (χ4n) is 2.24. The Bertz CT molecular complexity index is 560. The first kappa shape index (κ1) is 13.2. The van der Waals surface area contributed by atoms with Crippen molar-refractivity contribution in [2.75, 3.05) is 19.5 Å². The van der Waals surface area contributed by atoms with Crippen LogP contribution in [-0.2, 0) is 32.2 Å². The van der Waals surface area contributed by atoms with Gasteiger partial charge in [-0.15, -0.1) is 0 Å². The van der Waals surface area contributed by atoms with E-state index in [2.05, 4.69) is 4.74 Å². The van der Waals surface area contributed by atoms with E-state index >= 15 is 0 Å². The number of methoxy groups -OCH3 is 1. The summed E-state index contributed by atoms with van der Waals surface area (Å²) in [7, 11) is -2.16.